The molecule has 0 amide bonds. The first-order chi connectivity index (χ1) is 16.7. The Hall–Kier alpha value is -4.59. The second kappa shape index (κ2) is 8.08. The lowest BCUT2D eigenvalue weighted by Gasteiger charge is -2.05. The Morgan fingerprint density at radius 2 is 1.94 bits per heavy atom. The summed E-state index contributed by atoms with van der Waals surface area (Å²) in [6.45, 7) is 0. The monoisotopic (exact) mass is 450 g/mol. The van der Waals surface area contributed by atoms with E-state index < -0.39 is 0 Å². The number of nitrogens with zero attached hydrogens (tertiary/aromatic N) is 4. The molecule has 1 aromatic carbocycles. The van der Waals surface area contributed by atoms with Crippen LogP contribution in [0.4, 0.5) is 4.39 Å². The third kappa shape index (κ3) is 3.45. The lowest BCUT2D eigenvalue weighted by atomic mass is 10.0. The first kappa shape index (κ1) is 20.0. The molecule has 166 valence electrons. The minimum absolute atomic E-state index is 0.283. The van der Waals surface area contributed by atoms with E-state index >= 15 is 0 Å². The zero-order chi connectivity index (χ0) is 23.1. The van der Waals surface area contributed by atoms with Gasteiger partial charge in [-0.3, -0.25) is 10.1 Å². The third-order valence-corrected chi connectivity index (χ3v) is 5.82. The summed E-state index contributed by atoms with van der Waals surface area (Å²) in [6, 6.07) is 10.5. The van der Waals surface area contributed by atoms with Crippen molar-refractivity contribution in [3.05, 3.63) is 96.0 Å². The highest BCUT2D eigenvalue weighted by atomic mass is 19.1. The number of nitrogens with one attached hydrogen (secondary N) is 2. The van der Waals surface area contributed by atoms with E-state index in [0.29, 0.717) is 23.6 Å². The van der Waals surface area contributed by atoms with Gasteiger partial charge in [-0.15, -0.1) is 0 Å². The number of H-pyrrole nitrogens is 2. The number of hydrogen-bond acceptors (Lipinski definition) is 5. The number of rotatable bonds is 4. The molecule has 0 saturated heterocycles. The SMILES string of the molecule is COc1cncc(-c2cnc3n[nH]c(-c4nc5c([nH]4)CC=CC=C5c4cccc(F)c4)c3c2)c1. The van der Waals surface area contributed by atoms with Crippen molar-refractivity contribution in [2.24, 2.45) is 0 Å². The number of allylic oxidation sites excluding steroid dienone is 3. The predicted molar refractivity (Wildman–Crippen MR) is 128 cm³/mol. The number of benzene rings is 1. The van der Waals surface area contributed by atoms with Gasteiger partial charge in [-0.25, -0.2) is 14.4 Å². The van der Waals surface area contributed by atoms with Crippen molar-refractivity contribution in [3.63, 3.8) is 0 Å². The lowest BCUT2D eigenvalue weighted by molar-refractivity contribution is 0.413. The maximum Gasteiger partial charge on any atom is 0.181 e. The van der Waals surface area contributed by atoms with E-state index in [-0.39, 0.29) is 5.82 Å². The Balaban J connectivity index is 1.45. The Bertz CT molecular complexity index is 1600. The minimum atomic E-state index is -0.283. The number of methoxy groups -OCH3 is 1. The lowest BCUT2D eigenvalue weighted by Crippen LogP contribution is -1.93. The number of pyridine rings is 2. The number of ether oxygens (including phenoxy) is 1. The van der Waals surface area contributed by atoms with Gasteiger partial charge >= 0.3 is 0 Å². The van der Waals surface area contributed by atoms with Gasteiger partial charge in [-0.2, -0.15) is 5.10 Å². The summed E-state index contributed by atoms with van der Waals surface area (Å²) < 4.78 is 19.2. The highest BCUT2D eigenvalue weighted by molar-refractivity contribution is 5.92. The van der Waals surface area contributed by atoms with E-state index in [1.807, 2.05) is 36.4 Å². The molecule has 2 N–H and O–H groups in total. The van der Waals surface area contributed by atoms with Crippen LogP contribution in [-0.2, 0) is 6.42 Å². The number of fused-ring (bicyclic) bond motifs is 2. The zero-order valence-electron chi connectivity index (χ0n) is 18.2. The zero-order valence-corrected chi connectivity index (χ0v) is 18.2. The quantitative estimate of drug-likeness (QED) is 0.397. The fourth-order valence-electron chi connectivity index (χ4n) is 4.14. The highest BCUT2D eigenvalue weighted by Crippen LogP contribution is 2.33. The molecule has 1 aliphatic carbocycles. The molecule has 0 bridgehead atoms. The molecule has 0 atom stereocenters. The molecular formula is C26H19FN6O. The molecule has 0 unspecified atom stereocenters. The Morgan fingerprint density at radius 3 is 2.82 bits per heavy atom. The predicted octanol–water partition coefficient (Wildman–Crippen LogP) is 5.10. The molecule has 4 aromatic heterocycles. The molecule has 5 aromatic rings. The molecule has 0 spiro atoms. The first-order valence-electron chi connectivity index (χ1n) is 10.8. The van der Waals surface area contributed by atoms with E-state index in [2.05, 4.69) is 25.1 Å². The number of hydrogen-bond donors (Lipinski definition) is 2. The average molecular weight is 450 g/mol. The van der Waals surface area contributed by atoms with Gasteiger partial charge in [0.05, 0.1) is 24.4 Å². The van der Waals surface area contributed by atoms with Gasteiger partial charge in [-0.1, -0.05) is 30.4 Å². The van der Waals surface area contributed by atoms with Crippen molar-refractivity contribution in [2.45, 2.75) is 6.42 Å². The first-order valence-corrected chi connectivity index (χ1v) is 10.8. The van der Waals surface area contributed by atoms with Gasteiger partial charge in [-0.05, 0) is 29.8 Å². The van der Waals surface area contributed by atoms with Crippen LogP contribution in [0.3, 0.4) is 0 Å². The summed E-state index contributed by atoms with van der Waals surface area (Å²) in [5, 5.41) is 8.27. The fourth-order valence-corrected chi connectivity index (χ4v) is 4.14. The highest BCUT2D eigenvalue weighted by Gasteiger charge is 2.20. The second-order valence-electron chi connectivity index (χ2n) is 7.94. The van der Waals surface area contributed by atoms with Crippen LogP contribution in [0.1, 0.15) is 17.0 Å². The van der Waals surface area contributed by atoms with Crippen molar-refractivity contribution in [1.82, 2.24) is 30.1 Å². The number of halogens is 1. The maximum absolute atomic E-state index is 13.9. The van der Waals surface area contributed by atoms with Crippen LogP contribution in [0.5, 0.6) is 5.75 Å². The summed E-state index contributed by atoms with van der Waals surface area (Å²) >= 11 is 0. The van der Waals surface area contributed by atoms with Gasteiger partial charge in [0, 0.05) is 41.2 Å². The van der Waals surface area contributed by atoms with Gasteiger partial charge in [0.15, 0.2) is 11.5 Å². The molecular weight excluding hydrogens is 431 g/mol. The minimum Gasteiger partial charge on any atom is -0.495 e. The Labute approximate surface area is 194 Å². The van der Waals surface area contributed by atoms with Crippen LogP contribution < -0.4 is 4.74 Å². The summed E-state index contributed by atoms with van der Waals surface area (Å²) in [5.74, 6) is 1.03. The van der Waals surface area contributed by atoms with Crippen molar-refractivity contribution in [3.8, 4) is 28.4 Å². The molecule has 0 fully saturated rings. The van der Waals surface area contributed by atoms with Crippen LogP contribution in [0, 0.1) is 5.82 Å². The summed E-state index contributed by atoms with van der Waals surface area (Å²) in [5.41, 5.74) is 6.46. The van der Waals surface area contributed by atoms with Crippen LogP contribution >= 0.6 is 0 Å². The van der Waals surface area contributed by atoms with Crippen molar-refractivity contribution in [2.75, 3.05) is 7.11 Å². The van der Waals surface area contributed by atoms with E-state index in [1.54, 1.807) is 31.8 Å². The maximum atomic E-state index is 13.9. The van der Waals surface area contributed by atoms with E-state index in [0.717, 1.165) is 44.7 Å². The van der Waals surface area contributed by atoms with E-state index in [1.165, 1.54) is 12.1 Å². The van der Waals surface area contributed by atoms with Crippen LogP contribution in [0.25, 0.3) is 39.3 Å². The van der Waals surface area contributed by atoms with Crippen LogP contribution in [-0.4, -0.2) is 37.2 Å². The molecule has 34 heavy (non-hydrogen) atoms. The van der Waals surface area contributed by atoms with Gasteiger partial charge in [0.2, 0.25) is 0 Å². The molecule has 8 heteroatoms. The number of aromatic amines is 2. The fraction of sp³-hybridized carbons (Fsp3) is 0.0769. The molecule has 0 aliphatic heterocycles. The third-order valence-electron chi connectivity index (χ3n) is 5.82. The van der Waals surface area contributed by atoms with Gasteiger partial charge in [0.25, 0.3) is 0 Å². The van der Waals surface area contributed by atoms with E-state index in [4.69, 9.17) is 9.72 Å². The molecule has 6 rings (SSSR count). The second-order valence-corrected chi connectivity index (χ2v) is 7.94. The van der Waals surface area contributed by atoms with Crippen LogP contribution in [0.15, 0.2) is 73.2 Å². The smallest absolute Gasteiger partial charge is 0.181 e. The van der Waals surface area contributed by atoms with Crippen molar-refractivity contribution in [1.29, 1.82) is 0 Å². The molecule has 1 aliphatic rings. The normalized spacial score (nSPS) is 12.9. The van der Waals surface area contributed by atoms with Gasteiger partial charge < -0.3 is 9.72 Å². The average Bonchev–Trinajstić information content (AvgIpc) is 3.42. The summed E-state index contributed by atoms with van der Waals surface area (Å²) in [4.78, 5) is 17.1. The standard InChI is InChI=1S/C26H19FN6O/c1-34-19-10-16(12-28-14-19)17-11-21-24(32-33-25(21)29-13-17)26-30-22-8-3-2-7-20(23(22)31-26)15-5-4-6-18(27)9-15/h2-7,9-14H,8H2,1H3,(H,30,31)(H,29,32,33). The van der Waals surface area contributed by atoms with E-state index in [9.17, 15) is 4.39 Å². The van der Waals surface area contributed by atoms with Crippen molar-refractivity contribution < 1.29 is 9.13 Å². The number of imidazole rings is 1. The summed E-state index contributed by atoms with van der Waals surface area (Å²) in [7, 11) is 1.61. The molecule has 0 saturated carbocycles. The molecule has 0 radical (unpaired) electrons. The Morgan fingerprint density at radius 1 is 1.03 bits per heavy atom. The van der Waals surface area contributed by atoms with Gasteiger partial charge in [0.1, 0.15) is 17.3 Å². The Kier molecular flexibility index (Phi) is 4.76. The van der Waals surface area contributed by atoms with Crippen LogP contribution in [0.2, 0.25) is 0 Å². The topological polar surface area (TPSA) is 92.4 Å². The largest absolute Gasteiger partial charge is 0.495 e. The van der Waals surface area contributed by atoms with Crippen molar-refractivity contribution >= 4 is 16.6 Å². The number of aromatic nitrogens is 6. The molecule has 4 heterocycles. The molecule has 7 nitrogen and oxygen atoms in total. The summed E-state index contributed by atoms with van der Waals surface area (Å²) in [6.07, 6.45) is 11.9.